The van der Waals surface area contributed by atoms with Gasteiger partial charge in [-0.1, -0.05) is 0 Å². The monoisotopic (exact) mass is 266 g/mol. The van der Waals surface area contributed by atoms with Crippen LogP contribution in [0.3, 0.4) is 0 Å². The molecule has 0 amide bonds. The topological polar surface area (TPSA) is 108 Å². The summed E-state index contributed by atoms with van der Waals surface area (Å²) in [6.45, 7) is 0.0381. The summed E-state index contributed by atoms with van der Waals surface area (Å²) in [5, 5.41) is 21.2. The number of hydrogen-bond donors (Lipinski definition) is 2. The Morgan fingerprint density at radius 2 is 2.00 bits per heavy atom. The van der Waals surface area contributed by atoms with Crippen molar-refractivity contribution in [1.82, 2.24) is 0 Å². The molecule has 102 valence electrons. The number of nitrogens with two attached hydrogens (primary N) is 1. The molecule has 19 heavy (non-hydrogen) atoms. The van der Waals surface area contributed by atoms with Crippen LogP contribution in [-0.2, 0) is 0 Å². The van der Waals surface area contributed by atoms with Gasteiger partial charge < -0.3 is 20.3 Å². The molecule has 1 aliphatic carbocycles. The summed E-state index contributed by atoms with van der Waals surface area (Å²) in [5.74, 6) is 0.905. The Hall–Kier alpha value is -1.86. The highest BCUT2D eigenvalue weighted by Gasteiger charge is 2.37. The molecule has 7 nitrogen and oxygen atoms in total. The van der Waals surface area contributed by atoms with E-state index in [4.69, 9.17) is 15.2 Å². The minimum atomic E-state index is -0.789. The largest absolute Gasteiger partial charge is 0.454 e. The lowest BCUT2D eigenvalue weighted by molar-refractivity contribution is -0.385. The second kappa shape index (κ2) is 4.36. The van der Waals surface area contributed by atoms with Gasteiger partial charge in [0.1, 0.15) is 0 Å². The molecular formula is C12H14N2O5. The predicted molar refractivity (Wildman–Crippen MR) is 64.9 cm³/mol. The first-order valence-electron chi connectivity index (χ1n) is 6.09. The van der Waals surface area contributed by atoms with Crippen LogP contribution in [0.15, 0.2) is 12.1 Å². The Bertz CT molecular complexity index is 529. The summed E-state index contributed by atoms with van der Waals surface area (Å²) >= 11 is 0. The summed E-state index contributed by atoms with van der Waals surface area (Å²) in [7, 11) is 0. The zero-order chi connectivity index (χ0) is 13.6. The van der Waals surface area contributed by atoms with Gasteiger partial charge in [-0.05, 0) is 24.8 Å². The number of aliphatic hydroxyl groups excluding tert-OH is 1. The highest BCUT2D eigenvalue weighted by molar-refractivity contribution is 5.56. The lowest BCUT2D eigenvalue weighted by Crippen LogP contribution is -2.28. The number of rotatable bonds is 4. The first kappa shape index (κ1) is 12.2. The van der Waals surface area contributed by atoms with Crippen molar-refractivity contribution in [2.75, 3.05) is 6.79 Å². The highest BCUT2D eigenvalue weighted by Crippen LogP contribution is 2.43. The molecule has 1 aromatic carbocycles. The summed E-state index contributed by atoms with van der Waals surface area (Å²) in [4.78, 5) is 10.6. The molecule has 1 fully saturated rings. The van der Waals surface area contributed by atoms with Crippen molar-refractivity contribution in [1.29, 1.82) is 0 Å². The van der Waals surface area contributed by atoms with Gasteiger partial charge in [0.2, 0.25) is 6.79 Å². The van der Waals surface area contributed by atoms with Crippen molar-refractivity contribution in [3.63, 3.8) is 0 Å². The van der Waals surface area contributed by atoms with Gasteiger partial charge in [-0.2, -0.15) is 0 Å². The van der Waals surface area contributed by atoms with E-state index in [0.29, 0.717) is 11.5 Å². The maximum atomic E-state index is 11.1. The number of benzene rings is 1. The molecular weight excluding hydrogens is 252 g/mol. The molecule has 0 bridgehead atoms. The first-order chi connectivity index (χ1) is 9.08. The van der Waals surface area contributed by atoms with Gasteiger partial charge in [0.05, 0.1) is 28.7 Å². The Labute approximate surface area is 109 Å². The van der Waals surface area contributed by atoms with E-state index < -0.39 is 17.1 Å². The van der Waals surface area contributed by atoms with Crippen molar-refractivity contribution in [2.24, 2.45) is 11.7 Å². The molecule has 0 saturated heterocycles. The van der Waals surface area contributed by atoms with E-state index in [1.807, 2.05) is 0 Å². The molecule has 1 aromatic rings. The number of ether oxygens (including phenoxy) is 2. The highest BCUT2D eigenvalue weighted by atomic mass is 16.7. The van der Waals surface area contributed by atoms with E-state index >= 15 is 0 Å². The SMILES string of the molecule is N[C@@H](c1cc2c(cc1[N+](=O)[O-])OCO2)[C@H](O)C1CC1. The summed E-state index contributed by atoms with van der Waals surface area (Å²) < 4.78 is 10.3. The van der Waals surface area contributed by atoms with Gasteiger partial charge in [-0.15, -0.1) is 0 Å². The quantitative estimate of drug-likeness (QED) is 0.624. The predicted octanol–water partition coefficient (Wildman–Crippen LogP) is 1.09. The molecule has 0 radical (unpaired) electrons. The average molecular weight is 266 g/mol. The number of nitrogens with zero attached hydrogens (tertiary/aromatic N) is 1. The number of aliphatic hydroxyl groups is 1. The van der Waals surface area contributed by atoms with E-state index in [-0.39, 0.29) is 24.0 Å². The van der Waals surface area contributed by atoms with E-state index in [9.17, 15) is 15.2 Å². The third kappa shape index (κ3) is 2.11. The van der Waals surface area contributed by atoms with Crippen LogP contribution in [-0.4, -0.2) is 22.9 Å². The molecule has 2 aliphatic rings. The Kier molecular flexibility index (Phi) is 2.79. The minimum absolute atomic E-state index is 0.0381. The lowest BCUT2D eigenvalue weighted by Gasteiger charge is -2.19. The van der Waals surface area contributed by atoms with Gasteiger partial charge in [0.25, 0.3) is 5.69 Å². The average Bonchev–Trinajstić information content (AvgIpc) is 3.14. The van der Waals surface area contributed by atoms with Crippen LogP contribution >= 0.6 is 0 Å². The second-order valence-electron chi connectivity index (χ2n) is 4.88. The van der Waals surface area contributed by atoms with Gasteiger partial charge in [-0.3, -0.25) is 10.1 Å². The maximum Gasteiger partial charge on any atom is 0.278 e. The molecule has 3 rings (SSSR count). The molecule has 2 atom stereocenters. The van der Waals surface area contributed by atoms with Crippen molar-refractivity contribution >= 4 is 5.69 Å². The zero-order valence-electron chi connectivity index (χ0n) is 10.1. The number of nitro groups is 1. The fourth-order valence-corrected chi connectivity index (χ4v) is 2.29. The third-order valence-corrected chi connectivity index (χ3v) is 3.55. The summed E-state index contributed by atoms with van der Waals surface area (Å²) in [6, 6.07) is 2.01. The fourth-order valence-electron chi connectivity index (χ4n) is 2.29. The number of fused-ring (bicyclic) bond motifs is 1. The first-order valence-corrected chi connectivity index (χ1v) is 6.09. The van der Waals surface area contributed by atoms with Crippen LogP contribution in [0.25, 0.3) is 0 Å². The second-order valence-corrected chi connectivity index (χ2v) is 4.88. The minimum Gasteiger partial charge on any atom is -0.454 e. The van der Waals surface area contributed by atoms with Crippen LogP contribution in [0.4, 0.5) is 5.69 Å². The molecule has 1 saturated carbocycles. The van der Waals surface area contributed by atoms with Gasteiger partial charge in [0, 0.05) is 0 Å². The van der Waals surface area contributed by atoms with Crippen LogP contribution in [0.2, 0.25) is 0 Å². The van der Waals surface area contributed by atoms with Crippen LogP contribution in [0, 0.1) is 16.0 Å². The van der Waals surface area contributed by atoms with E-state index in [2.05, 4.69) is 0 Å². The van der Waals surface area contributed by atoms with Crippen molar-refractivity contribution in [3.8, 4) is 11.5 Å². The van der Waals surface area contributed by atoms with Crippen LogP contribution in [0.1, 0.15) is 24.4 Å². The third-order valence-electron chi connectivity index (χ3n) is 3.55. The van der Waals surface area contributed by atoms with Gasteiger partial charge in [-0.25, -0.2) is 0 Å². The Morgan fingerprint density at radius 3 is 2.58 bits per heavy atom. The molecule has 0 aromatic heterocycles. The zero-order valence-corrected chi connectivity index (χ0v) is 10.1. The van der Waals surface area contributed by atoms with Crippen molar-refractivity contribution in [2.45, 2.75) is 25.0 Å². The maximum absolute atomic E-state index is 11.1. The normalized spacial score (nSPS) is 20.1. The lowest BCUT2D eigenvalue weighted by atomic mass is 9.97. The van der Waals surface area contributed by atoms with Crippen LogP contribution < -0.4 is 15.2 Å². The Balaban J connectivity index is 2.00. The van der Waals surface area contributed by atoms with E-state index in [1.54, 1.807) is 0 Å². The van der Waals surface area contributed by atoms with E-state index in [0.717, 1.165) is 12.8 Å². The summed E-state index contributed by atoms with van der Waals surface area (Å²) in [5.41, 5.74) is 6.10. The summed E-state index contributed by atoms with van der Waals surface area (Å²) in [6.07, 6.45) is 1.06. The Morgan fingerprint density at radius 1 is 1.37 bits per heavy atom. The molecule has 1 heterocycles. The van der Waals surface area contributed by atoms with Gasteiger partial charge >= 0.3 is 0 Å². The van der Waals surface area contributed by atoms with E-state index in [1.165, 1.54) is 12.1 Å². The molecule has 0 unspecified atom stereocenters. The molecule has 1 aliphatic heterocycles. The molecule has 7 heteroatoms. The standard InChI is InChI=1S/C12H14N2O5/c13-11(12(15)6-1-2-6)7-3-9-10(19-5-18-9)4-8(7)14(16)17/h3-4,6,11-12,15H,1-2,5,13H2/t11-,12+/m0/s1. The number of hydrogen-bond acceptors (Lipinski definition) is 6. The van der Waals surface area contributed by atoms with Crippen molar-refractivity contribution < 1.29 is 19.5 Å². The van der Waals surface area contributed by atoms with Crippen LogP contribution in [0.5, 0.6) is 11.5 Å². The smallest absolute Gasteiger partial charge is 0.278 e. The molecule has 3 N–H and O–H groups in total. The van der Waals surface area contributed by atoms with Gasteiger partial charge in [0.15, 0.2) is 11.5 Å². The van der Waals surface area contributed by atoms with Crippen molar-refractivity contribution in [3.05, 3.63) is 27.8 Å². The molecule has 0 spiro atoms. The fraction of sp³-hybridized carbons (Fsp3) is 0.500. The number of nitro benzene ring substituents is 1.